The second-order valence-electron chi connectivity index (χ2n) is 7.35. The van der Waals surface area contributed by atoms with Crippen LogP contribution in [0.25, 0.3) is 0 Å². The highest BCUT2D eigenvalue weighted by molar-refractivity contribution is 7.99. The number of thioether (sulfide) groups is 1. The van der Waals surface area contributed by atoms with Crippen molar-refractivity contribution in [2.24, 2.45) is 5.92 Å². The quantitative estimate of drug-likeness (QED) is 0.515. The van der Waals surface area contributed by atoms with E-state index < -0.39 is 0 Å². The van der Waals surface area contributed by atoms with Gasteiger partial charge >= 0.3 is 0 Å². The van der Waals surface area contributed by atoms with Crippen LogP contribution in [0.15, 0.2) is 54.6 Å². The van der Waals surface area contributed by atoms with Gasteiger partial charge in [0.1, 0.15) is 17.7 Å². The van der Waals surface area contributed by atoms with Gasteiger partial charge in [0, 0.05) is 18.2 Å². The number of carbonyl (C=O) groups excluding carboxylic acids is 1. The topological polar surface area (TPSA) is 29.5 Å². The average molecular weight is 398 g/mol. The lowest BCUT2D eigenvalue weighted by Crippen LogP contribution is -2.35. The monoisotopic (exact) mass is 397 g/mol. The minimum absolute atomic E-state index is 0.131. The molecule has 0 N–H and O–H groups in total. The van der Waals surface area contributed by atoms with Crippen LogP contribution < -0.4 is 4.74 Å². The van der Waals surface area contributed by atoms with Gasteiger partial charge in [0.05, 0.1) is 0 Å². The highest BCUT2D eigenvalue weighted by atomic mass is 32.2. The summed E-state index contributed by atoms with van der Waals surface area (Å²) in [5.74, 6) is 2.36. The largest absolute Gasteiger partial charge is 0.489 e. The van der Waals surface area contributed by atoms with Gasteiger partial charge in [-0.2, -0.15) is 0 Å². The first kappa shape index (κ1) is 20.8. The molecule has 1 heterocycles. The second-order valence-corrected chi connectivity index (χ2v) is 8.53. The molecule has 28 heavy (non-hydrogen) atoms. The summed E-state index contributed by atoms with van der Waals surface area (Å²) in [5, 5.41) is 0.131. The Morgan fingerprint density at radius 1 is 1.14 bits per heavy atom. The first-order valence-electron chi connectivity index (χ1n) is 10.4. The zero-order chi connectivity index (χ0) is 19.8. The molecule has 1 aliphatic rings. The van der Waals surface area contributed by atoms with Crippen LogP contribution in [0.3, 0.4) is 0 Å². The molecule has 0 saturated carbocycles. The lowest BCUT2D eigenvalue weighted by atomic mass is 9.97. The van der Waals surface area contributed by atoms with Crippen LogP contribution in [0.5, 0.6) is 5.75 Å². The number of ether oxygens (including phenoxy) is 1. The summed E-state index contributed by atoms with van der Waals surface area (Å²) in [4.78, 5) is 15.2. The summed E-state index contributed by atoms with van der Waals surface area (Å²) >= 11 is 1.86. The van der Waals surface area contributed by atoms with Crippen molar-refractivity contribution >= 4 is 17.7 Å². The summed E-state index contributed by atoms with van der Waals surface area (Å²) < 4.78 is 5.90. The number of carbonyl (C=O) groups is 1. The minimum atomic E-state index is 0.131. The van der Waals surface area contributed by atoms with Gasteiger partial charge in [0.15, 0.2) is 0 Å². The molecule has 1 amide bonds. The molecule has 3 rings (SSSR count). The molecule has 0 aliphatic carbocycles. The fraction of sp³-hybridized carbons (Fsp3) is 0.458. The van der Waals surface area contributed by atoms with E-state index in [1.165, 1.54) is 5.56 Å². The maximum absolute atomic E-state index is 13.1. The standard InChI is InChI=1S/C24H31NO2S/c1-3-5-11-20(4-2)23(26)25-16-17-28-24(25)21-12-14-22(15-13-21)27-18-19-9-7-6-8-10-19/h6-10,12-15,20,24H,3-5,11,16-18H2,1-2H3/t20-,24+/m0/s1. The Morgan fingerprint density at radius 3 is 2.57 bits per heavy atom. The summed E-state index contributed by atoms with van der Waals surface area (Å²) in [5.41, 5.74) is 2.35. The van der Waals surface area contributed by atoms with Crippen molar-refractivity contribution in [1.29, 1.82) is 0 Å². The Balaban J connectivity index is 1.62. The van der Waals surface area contributed by atoms with E-state index in [0.717, 1.165) is 49.3 Å². The molecule has 1 aliphatic heterocycles. The number of hydrogen-bond donors (Lipinski definition) is 0. The third kappa shape index (κ3) is 5.32. The van der Waals surface area contributed by atoms with Gasteiger partial charge < -0.3 is 9.64 Å². The molecule has 2 atom stereocenters. The molecule has 4 heteroatoms. The third-order valence-electron chi connectivity index (χ3n) is 5.34. The molecule has 1 saturated heterocycles. The maximum atomic E-state index is 13.1. The molecule has 0 aromatic heterocycles. The lowest BCUT2D eigenvalue weighted by Gasteiger charge is -2.28. The summed E-state index contributed by atoms with van der Waals surface area (Å²) in [6.45, 7) is 5.74. The number of benzene rings is 2. The number of rotatable bonds is 9. The van der Waals surface area contributed by atoms with Crippen LogP contribution in [0.2, 0.25) is 0 Å². The van der Waals surface area contributed by atoms with Crippen LogP contribution in [-0.4, -0.2) is 23.1 Å². The number of amides is 1. The Kier molecular flexibility index (Phi) is 7.84. The van der Waals surface area contributed by atoms with Crippen molar-refractivity contribution in [3.8, 4) is 5.75 Å². The molecule has 2 aromatic carbocycles. The van der Waals surface area contributed by atoms with Crippen molar-refractivity contribution in [1.82, 2.24) is 4.90 Å². The Hall–Kier alpha value is -1.94. The molecular formula is C24H31NO2S. The second kappa shape index (κ2) is 10.6. The Labute approximate surface area is 173 Å². The zero-order valence-electron chi connectivity index (χ0n) is 17.0. The van der Waals surface area contributed by atoms with E-state index in [1.54, 1.807) is 0 Å². The summed E-state index contributed by atoms with van der Waals surface area (Å²) in [6.07, 6.45) is 4.21. The van der Waals surface area contributed by atoms with E-state index >= 15 is 0 Å². The first-order chi connectivity index (χ1) is 13.7. The van der Waals surface area contributed by atoms with Crippen LogP contribution in [0.1, 0.15) is 56.0 Å². The van der Waals surface area contributed by atoms with Crippen LogP contribution in [0.4, 0.5) is 0 Å². The number of unbranched alkanes of at least 4 members (excludes halogenated alkanes) is 1. The van der Waals surface area contributed by atoms with E-state index in [2.05, 4.69) is 43.0 Å². The minimum Gasteiger partial charge on any atom is -0.489 e. The highest BCUT2D eigenvalue weighted by Crippen LogP contribution is 2.39. The van der Waals surface area contributed by atoms with Crippen molar-refractivity contribution in [2.45, 2.75) is 51.5 Å². The van der Waals surface area contributed by atoms with Crippen LogP contribution in [-0.2, 0) is 11.4 Å². The van der Waals surface area contributed by atoms with Gasteiger partial charge in [-0.1, -0.05) is 69.2 Å². The maximum Gasteiger partial charge on any atom is 0.226 e. The van der Waals surface area contributed by atoms with E-state index in [-0.39, 0.29) is 11.3 Å². The molecule has 1 fully saturated rings. The van der Waals surface area contributed by atoms with Crippen molar-refractivity contribution in [3.63, 3.8) is 0 Å². The third-order valence-corrected chi connectivity index (χ3v) is 6.60. The van der Waals surface area contributed by atoms with Gasteiger partial charge in [0.25, 0.3) is 0 Å². The Bertz CT molecular complexity index is 732. The zero-order valence-corrected chi connectivity index (χ0v) is 17.8. The lowest BCUT2D eigenvalue weighted by molar-refractivity contribution is -0.136. The predicted octanol–water partition coefficient (Wildman–Crippen LogP) is 6.06. The normalized spacial score (nSPS) is 17.5. The van der Waals surface area contributed by atoms with Gasteiger partial charge in [-0.3, -0.25) is 4.79 Å². The van der Waals surface area contributed by atoms with E-state index in [1.807, 2.05) is 42.1 Å². The van der Waals surface area contributed by atoms with Gasteiger partial charge in [-0.05, 0) is 36.1 Å². The van der Waals surface area contributed by atoms with Crippen molar-refractivity contribution in [2.75, 3.05) is 12.3 Å². The molecule has 0 radical (unpaired) electrons. The fourth-order valence-electron chi connectivity index (χ4n) is 3.63. The molecule has 0 spiro atoms. The summed E-state index contributed by atoms with van der Waals surface area (Å²) in [6, 6.07) is 18.4. The fourth-order valence-corrected chi connectivity index (χ4v) is 4.89. The van der Waals surface area contributed by atoms with Gasteiger partial charge in [0.2, 0.25) is 5.91 Å². The SMILES string of the molecule is CCCC[C@H](CC)C(=O)N1CCS[C@@H]1c1ccc(OCc2ccccc2)cc1. The number of nitrogens with zero attached hydrogens (tertiary/aromatic N) is 1. The number of hydrogen-bond acceptors (Lipinski definition) is 3. The smallest absolute Gasteiger partial charge is 0.226 e. The molecule has 150 valence electrons. The molecule has 3 nitrogen and oxygen atoms in total. The summed E-state index contributed by atoms with van der Waals surface area (Å²) in [7, 11) is 0. The van der Waals surface area contributed by atoms with Crippen LogP contribution >= 0.6 is 11.8 Å². The Morgan fingerprint density at radius 2 is 1.89 bits per heavy atom. The first-order valence-corrected chi connectivity index (χ1v) is 11.5. The molecule has 0 bridgehead atoms. The molecule has 2 aromatic rings. The van der Waals surface area contributed by atoms with Gasteiger partial charge in [-0.25, -0.2) is 0 Å². The van der Waals surface area contributed by atoms with Crippen molar-refractivity contribution in [3.05, 3.63) is 65.7 Å². The molecular weight excluding hydrogens is 366 g/mol. The van der Waals surface area contributed by atoms with E-state index in [0.29, 0.717) is 12.5 Å². The highest BCUT2D eigenvalue weighted by Gasteiger charge is 2.33. The average Bonchev–Trinajstić information content (AvgIpc) is 3.23. The van der Waals surface area contributed by atoms with Crippen molar-refractivity contribution < 1.29 is 9.53 Å². The van der Waals surface area contributed by atoms with E-state index in [4.69, 9.17) is 4.74 Å². The molecule has 0 unspecified atom stereocenters. The van der Waals surface area contributed by atoms with Gasteiger partial charge in [-0.15, -0.1) is 11.8 Å². The predicted molar refractivity (Wildman–Crippen MR) is 117 cm³/mol. The van der Waals surface area contributed by atoms with Crippen LogP contribution in [0, 0.1) is 5.92 Å². The van der Waals surface area contributed by atoms with E-state index in [9.17, 15) is 4.79 Å².